The van der Waals surface area contributed by atoms with Gasteiger partial charge in [-0.1, -0.05) is 15.9 Å². The van der Waals surface area contributed by atoms with E-state index in [1.165, 1.54) is 6.07 Å². The highest BCUT2D eigenvalue weighted by Gasteiger charge is 2.21. The summed E-state index contributed by atoms with van der Waals surface area (Å²) in [6.45, 7) is 0.997. The van der Waals surface area contributed by atoms with Gasteiger partial charge in [0, 0.05) is 16.1 Å². The maximum atomic E-state index is 13.2. The van der Waals surface area contributed by atoms with Crippen LogP contribution < -0.4 is 5.32 Å². The number of rotatable bonds is 1. The van der Waals surface area contributed by atoms with Crippen molar-refractivity contribution in [2.24, 2.45) is 0 Å². The predicted molar refractivity (Wildman–Crippen MR) is 56.7 cm³/mol. The number of hydrogen-bond acceptors (Lipinski definition) is 1. The first-order valence-electron chi connectivity index (χ1n) is 3.96. The number of hydrogen-bond donors (Lipinski definition) is 1. The van der Waals surface area contributed by atoms with Crippen molar-refractivity contribution in [3.05, 3.63) is 34.1 Å². The molecule has 4 heteroatoms. The first-order chi connectivity index (χ1) is 5.77. The van der Waals surface area contributed by atoms with Crippen molar-refractivity contribution in [3.8, 4) is 0 Å². The van der Waals surface area contributed by atoms with Crippen LogP contribution in [0.5, 0.6) is 0 Å². The minimum Gasteiger partial charge on any atom is -0.310 e. The van der Waals surface area contributed by atoms with E-state index in [4.69, 9.17) is 0 Å². The Kier molecular flexibility index (Phi) is 3.71. The molecule has 13 heavy (non-hydrogen) atoms. The summed E-state index contributed by atoms with van der Waals surface area (Å²) in [5.41, 5.74) is 0.774. The monoisotopic (exact) mass is 265 g/mol. The molecule has 0 aliphatic carbocycles. The van der Waals surface area contributed by atoms with Crippen LogP contribution in [0.2, 0.25) is 0 Å². The van der Waals surface area contributed by atoms with Crippen molar-refractivity contribution in [1.82, 2.24) is 5.32 Å². The van der Waals surface area contributed by atoms with E-state index in [1.807, 2.05) is 6.07 Å². The molecular weight excluding hydrogens is 256 g/mol. The third-order valence-corrected chi connectivity index (χ3v) is 2.65. The van der Waals surface area contributed by atoms with Gasteiger partial charge in [-0.3, -0.25) is 0 Å². The summed E-state index contributed by atoms with van der Waals surface area (Å²) < 4.78 is 14.1. The lowest BCUT2D eigenvalue weighted by Gasteiger charge is -2.28. The molecule has 1 nitrogen and oxygen atoms in total. The molecule has 0 aromatic heterocycles. The van der Waals surface area contributed by atoms with Gasteiger partial charge in [0.15, 0.2) is 0 Å². The summed E-state index contributed by atoms with van der Waals surface area (Å²) >= 11 is 3.32. The van der Waals surface area contributed by atoms with Gasteiger partial charge in [-0.25, -0.2) is 4.39 Å². The summed E-state index contributed by atoms with van der Waals surface area (Å²) in [6.07, 6.45) is 1.04. The van der Waals surface area contributed by atoms with E-state index >= 15 is 0 Å². The minimum atomic E-state index is -0.115. The molecule has 0 spiro atoms. The summed E-state index contributed by atoms with van der Waals surface area (Å²) in [6, 6.07) is 5.28. The predicted octanol–water partition coefficient (Wildman–Crippen LogP) is 3.04. The van der Waals surface area contributed by atoms with Gasteiger partial charge in [0.2, 0.25) is 0 Å². The summed E-state index contributed by atoms with van der Waals surface area (Å²) in [5, 5.41) is 3.17. The van der Waals surface area contributed by atoms with Gasteiger partial charge >= 0.3 is 0 Å². The quantitative estimate of drug-likeness (QED) is 0.824. The van der Waals surface area contributed by atoms with Gasteiger partial charge in [0.1, 0.15) is 5.82 Å². The number of benzene rings is 1. The van der Waals surface area contributed by atoms with Gasteiger partial charge in [-0.05, 0) is 31.2 Å². The van der Waals surface area contributed by atoms with Crippen molar-refractivity contribution in [3.63, 3.8) is 0 Å². The van der Waals surface area contributed by atoms with Crippen LogP contribution in [-0.2, 0) is 0 Å². The highest BCUT2D eigenvalue weighted by molar-refractivity contribution is 9.10. The standard InChI is InChI=1S/C9H9BrFN.ClH/c10-6-1-2-8(11)7(5-6)9-3-4-12-9;/h1-2,5,9,12H,3-4H2;1H/t9-;/m0./s1. The molecule has 1 heterocycles. The van der Waals surface area contributed by atoms with E-state index in [9.17, 15) is 4.39 Å². The average molecular weight is 267 g/mol. The molecule has 1 atom stereocenters. The highest BCUT2D eigenvalue weighted by atomic mass is 79.9. The molecule has 1 aromatic carbocycles. The summed E-state index contributed by atoms with van der Waals surface area (Å²) in [4.78, 5) is 0. The Morgan fingerprint density at radius 3 is 2.69 bits per heavy atom. The third kappa shape index (κ3) is 2.22. The molecule has 0 bridgehead atoms. The van der Waals surface area contributed by atoms with E-state index in [-0.39, 0.29) is 24.3 Å². The molecule has 0 amide bonds. The summed E-state index contributed by atoms with van der Waals surface area (Å²) in [7, 11) is 0. The topological polar surface area (TPSA) is 12.0 Å². The molecule has 1 aromatic rings. The van der Waals surface area contributed by atoms with E-state index in [1.54, 1.807) is 6.07 Å². The Morgan fingerprint density at radius 2 is 2.15 bits per heavy atom. The highest BCUT2D eigenvalue weighted by Crippen LogP contribution is 2.27. The maximum absolute atomic E-state index is 13.2. The van der Waals surface area contributed by atoms with Gasteiger partial charge in [0.05, 0.1) is 0 Å². The lowest BCUT2D eigenvalue weighted by atomic mass is 9.98. The first kappa shape index (κ1) is 11.0. The van der Waals surface area contributed by atoms with Crippen LogP contribution in [0.15, 0.2) is 22.7 Å². The van der Waals surface area contributed by atoms with E-state index < -0.39 is 0 Å². The largest absolute Gasteiger partial charge is 0.310 e. The van der Waals surface area contributed by atoms with Crippen molar-refractivity contribution in [2.75, 3.05) is 6.54 Å². The molecule has 2 rings (SSSR count). The fraction of sp³-hybridized carbons (Fsp3) is 0.333. The van der Waals surface area contributed by atoms with Gasteiger partial charge in [0.25, 0.3) is 0 Å². The molecule has 0 radical (unpaired) electrons. The van der Waals surface area contributed by atoms with Crippen LogP contribution in [0.1, 0.15) is 18.0 Å². The Hall–Kier alpha value is -0.120. The summed E-state index contributed by atoms with van der Waals surface area (Å²) in [5.74, 6) is -0.115. The van der Waals surface area contributed by atoms with Crippen LogP contribution in [0, 0.1) is 5.82 Å². The fourth-order valence-electron chi connectivity index (χ4n) is 1.34. The van der Waals surface area contributed by atoms with Gasteiger partial charge in [-0.2, -0.15) is 0 Å². The number of nitrogens with one attached hydrogen (secondary N) is 1. The molecule has 1 aliphatic heterocycles. The zero-order valence-corrected chi connectivity index (χ0v) is 9.29. The van der Waals surface area contributed by atoms with Crippen LogP contribution in [0.25, 0.3) is 0 Å². The van der Waals surface area contributed by atoms with Gasteiger partial charge in [-0.15, -0.1) is 12.4 Å². The van der Waals surface area contributed by atoms with E-state index in [0.717, 1.165) is 23.0 Å². The van der Waals surface area contributed by atoms with Crippen molar-refractivity contribution in [2.45, 2.75) is 12.5 Å². The van der Waals surface area contributed by atoms with E-state index in [0.29, 0.717) is 0 Å². The zero-order chi connectivity index (χ0) is 8.55. The van der Waals surface area contributed by atoms with Crippen LogP contribution >= 0.6 is 28.3 Å². The van der Waals surface area contributed by atoms with Gasteiger partial charge < -0.3 is 5.32 Å². The Morgan fingerprint density at radius 1 is 1.46 bits per heavy atom. The molecule has 1 saturated heterocycles. The van der Waals surface area contributed by atoms with Crippen LogP contribution in [0.4, 0.5) is 4.39 Å². The van der Waals surface area contributed by atoms with Crippen molar-refractivity contribution < 1.29 is 4.39 Å². The van der Waals surface area contributed by atoms with Crippen LogP contribution in [-0.4, -0.2) is 6.54 Å². The van der Waals surface area contributed by atoms with Crippen molar-refractivity contribution >= 4 is 28.3 Å². The Labute approximate surface area is 91.3 Å². The molecule has 0 unspecified atom stereocenters. The Balaban J connectivity index is 0.000000845. The smallest absolute Gasteiger partial charge is 0.128 e. The first-order valence-corrected chi connectivity index (χ1v) is 4.75. The molecule has 1 fully saturated rings. The zero-order valence-electron chi connectivity index (χ0n) is 6.89. The lowest BCUT2D eigenvalue weighted by molar-refractivity contribution is 0.370. The molecule has 0 saturated carbocycles. The van der Waals surface area contributed by atoms with Crippen molar-refractivity contribution in [1.29, 1.82) is 0 Å². The number of halogens is 3. The molecule has 1 N–H and O–H groups in total. The fourth-order valence-corrected chi connectivity index (χ4v) is 1.71. The second-order valence-corrected chi connectivity index (χ2v) is 3.88. The second kappa shape index (κ2) is 4.40. The average Bonchev–Trinajstić information content (AvgIpc) is 1.93. The lowest BCUT2D eigenvalue weighted by Crippen LogP contribution is -2.35. The minimum absolute atomic E-state index is 0. The molecular formula is C9H10BrClFN. The maximum Gasteiger partial charge on any atom is 0.128 e. The van der Waals surface area contributed by atoms with E-state index in [2.05, 4.69) is 21.2 Å². The molecule has 72 valence electrons. The van der Waals surface area contributed by atoms with Crippen LogP contribution in [0.3, 0.4) is 0 Å². The SMILES string of the molecule is Cl.Fc1ccc(Br)cc1[C@@H]1CCN1. The normalized spacial score (nSPS) is 20.3. The second-order valence-electron chi connectivity index (χ2n) is 2.96. The Bertz CT molecular complexity index is 302. The molecule has 1 aliphatic rings. The third-order valence-electron chi connectivity index (χ3n) is 2.16.